The molecule has 2 atom stereocenters. The van der Waals surface area contributed by atoms with Crippen molar-refractivity contribution < 1.29 is 14.0 Å². The van der Waals surface area contributed by atoms with Crippen molar-refractivity contribution in [2.75, 3.05) is 11.9 Å². The summed E-state index contributed by atoms with van der Waals surface area (Å²) in [5, 5.41) is 5.75. The first-order valence-electron chi connectivity index (χ1n) is 8.73. The molecule has 0 bridgehead atoms. The Bertz CT molecular complexity index is 764. The molecule has 136 valence electrons. The molecular weight excluding hydrogens is 333 g/mol. The number of anilines is 1. The number of nitrogens with zero attached hydrogens (tertiary/aromatic N) is 1. The number of hydrogen-bond donors (Lipinski definition) is 2. The molecule has 6 heteroatoms. The van der Waals surface area contributed by atoms with Crippen molar-refractivity contribution in [1.82, 2.24) is 10.2 Å². The Morgan fingerprint density at radius 3 is 2.50 bits per heavy atom. The van der Waals surface area contributed by atoms with Gasteiger partial charge in [0.15, 0.2) is 0 Å². The highest BCUT2D eigenvalue weighted by Crippen LogP contribution is 2.21. The van der Waals surface area contributed by atoms with Gasteiger partial charge >= 0.3 is 6.03 Å². The summed E-state index contributed by atoms with van der Waals surface area (Å²) in [7, 11) is 0. The molecule has 3 rings (SSSR count). The fourth-order valence-corrected chi connectivity index (χ4v) is 3.14. The molecule has 0 saturated carbocycles. The van der Waals surface area contributed by atoms with Crippen molar-refractivity contribution in [3.05, 3.63) is 66.0 Å². The van der Waals surface area contributed by atoms with E-state index in [1.165, 1.54) is 12.1 Å². The van der Waals surface area contributed by atoms with Crippen molar-refractivity contribution in [3.8, 4) is 0 Å². The van der Waals surface area contributed by atoms with E-state index in [4.69, 9.17) is 0 Å². The molecule has 26 heavy (non-hydrogen) atoms. The van der Waals surface area contributed by atoms with E-state index in [0.29, 0.717) is 18.7 Å². The first-order valence-corrected chi connectivity index (χ1v) is 8.73. The van der Waals surface area contributed by atoms with Crippen LogP contribution in [0.4, 0.5) is 14.9 Å². The van der Waals surface area contributed by atoms with Crippen LogP contribution >= 0.6 is 0 Å². The molecule has 3 amide bonds. The number of hydrogen-bond acceptors (Lipinski definition) is 2. The Balaban J connectivity index is 1.62. The molecule has 1 saturated heterocycles. The van der Waals surface area contributed by atoms with Gasteiger partial charge < -0.3 is 15.5 Å². The lowest BCUT2D eigenvalue weighted by Gasteiger charge is -2.26. The minimum absolute atomic E-state index is 0.192. The summed E-state index contributed by atoms with van der Waals surface area (Å²) in [6.07, 6.45) is 1.41. The lowest BCUT2D eigenvalue weighted by atomic mass is 10.1. The lowest BCUT2D eigenvalue weighted by molar-refractivity contribution is -0.125. The molecule has 0 radical (unpaired) electrons. The van der Waals surface area contributed by atoms with Crippen LogP contribution in [-0.2, 0) is 4.79 Å². The molecule has 0 aromatic heterocycles. The van der Waals surface area contributed by atoms with Crippen LogP contribution in [0.1, 0.15) is 31.4 Å². The summed E-state index contributed by atoms with van der Waals surface area (Å²) in [4.78, 5) is 26.7. The highest BCUT2D eigenvalue weighted by molar-refractivity contribution is 5.94. The molecule has 1 unspecified atom stereocenters. The highest BCUT2D eigenvalue weighted by Gasteiger charge is 2.34. The Hall–Kier alpha value is -2.89. The molecule has 1 aliphatic rings. The third kappa shape index (κ3) is 4.20. The number of likely N-dealkylation sites (tertiary alicyclic amines) is 1. The van der Waals surface area contributed by atoms with E-state index in [-0.39, 0.29) is 23.8 Å². The van der Waals surface area contributed by atoms with Crippen molar-refractivity contribution in [1.29, 1.82) is 0 Å². The lowest BCUT2D eigenvalue weighted by Crippen LogP contribution is -2.47. The molecule has 2 aromatic rings. The van der Waals surface area contributed by atoms with Crippen LogP contribution in [0, 0.1) is 5.82 Å². The number of amides is 3. The zero-order valence-electron chi connectivity index (χ0n) is 14.6. The van der Waals surface area contributed by atoms with Gasteiger partial charge in [0.2, 0.25) is 5.91 Å². The molecule has 0 spiro atoms. The van der Waals surface area contributed by atoms with E-state index >= 15 is 0 Å². The number of carbonyl (C=O) groups excluding carboxylic acids is 2. The Kier molecular flexibility index (Phi) is 5.51. The molecule has 5 nitrogen and oxygen atoms in total. The number of halogens is 1. The van der Waals surface area contributed by atoms with Gasteiger partial charge in [-0.15, -0.1) is 0 Å². The largest absolute Gasteiger partial charge is 0.348 e. The summed E-state index contributed by atoms with van der Waals surface area (Å²) in [5.74, 6) is -0.505. The Morgan fingerprint density at radius 1 is 1.12 bits per heavy atom. The summed E-state index contributed by atoms with van der Waals surface area (Å²) in [6, 6.07) is 14.2. The second kappa shape index (κ2) is 7.99. The smallest absolute Gasteiger partial charge is 0.322 e. The normalized spacial score (nSPS) is 17.6. The average Bonchev–Trinajstić information content (AvgIpc) is 3.13. The van der Waals surface area contributed by atoms with Crippen molar-refractivity contribution in [2.24, 2.45) is 0 Å². The van der Waals surface area contributed by atoms with Gasteiger partial charge in [0.05, 0.1) is 6.04 Å². The molecule has 2 N–H and O–H groups in total. The van der Waals surface area contributed by atoms with E-state index in [1.807, 2.05) is 25.1 Å². The fraction of sp³-hybridized carbons (Fsp3) is 0.300. The highest BCUT2D eigenvalue weighted by atomic mass is 19.1. The second-order valence-electron chi connectivity index (χ2n) is 6.43. The van der Waals surface area contributed by atoms with E-state index in [0.717, 1.165) is 12.0 Å². The monoisotopic (exact) mass is 355 g/mol. The second-order valence-corrected chi connectivity index (χ2v) is 6.43. The van der Waals surface area contributed by atoms with Gasteiger partial charge in [-0.3, -0.25) is 4.79 Å². The van der Waals surface area contributed by atoms with Crippen LogP contribution in [0.5, 0.6) is 0 Å². The minimum atomic E-state index is -0.499. The SMILES string of the molecule is C[C@@H](NC(=O)C1CCCN1C(=O)Nc1ccccc1)c1ccc(F)cc1. The maximum atomic E-state index is 13.0. The average molecular weight is 355 g/mol. The number of carbonyl (C=O) groups is 2. The van der Waals surface area contributed by atoms with Gasteiger partial charge in [0.1, 0.15) is 11.9 Å². The van der Waals surface area contributed by atoms with Gasteiger partial charge in [-0.05, 0) is 49.6 Å². The first kappa shape index (κ1) is 17.9. The summed E-state index contributed by atoms with van der Waals surface area (Å²) >= 11 is 0. The predicted molar refractivity (Wildman–Crippen MR) is 98.1 cm³/mol. The third-order valence-electron chi connectivity index (χ3n) is 4.57. The van der Waals surface area contributed by atoms with E-state index in [2.05, 4.69) is 10.6 Å². The zero-order valence-corrected chi connectivity index (χ0v) is 14.6. The quantitative estimate of drug-likeness (QED) is 0.878. The molecule has 1 fully saturated rings. The molecular formula is C20H22FN3O2. The zero-order chi connectivity index (χ0) is 18.5. The van der Waals surface area contributed by atoms with Crippen molar-refractivity contribution in [2.45, 2.75) is 31.8 Å². The maximum Gasteiger partial charge on any atom is 0.322 e. The fourth-order valence-electron chi connectivity index (χ4n) is 3.14. The summed E-state index contributed by atoms with van der Waals surface area (Å²) in [5.41, 5.74) is 1.52. The standard InChI is InChI=1S/C20H22FN3O2/c1-14(15-9-11-16(21)12-10-15)22-19(25)18-8-5-13-24(18)20(26)23-17-6-3-2-4-7-17/h2-4,6-7,9-12,14,18H,5,8,13H2,1H3,(H,22,25)(H,23,26)/t14-,18?/m1/s1. The molecule has 0 aliphatic carbocycles. The summed E-state index contributed by atoms with van der Waals surface area (Å²) in [6.45, 7) is 2.39. The topological polar surface area (TPSA) is 61.4 Å². The van der Waals surface area contributed by atoms with E-state index in [1.54, 1.807) is 29.2 Å². The van der Waals surface area contributed by atoms with Crippen LogP contribution in [0.25, 0.3) is 0 Å². The molecule has 1 aliphatic heterocycles. The maximum absolute atomic E-state index is 13.0. The molecule has 2 aromatic carbocycles. The Labute approximate surface area is 152 Å². The Morgan fingerprint density at radius 2 is 1.81 bits per heavy atom. The van der Waals surface area contributed by atoms with Gasteiger partial charge in [0, 0.05) is 12.2 Å². The van der Waals surface area contributed by atoms with Crippen molar-refractivity contribution in [3.63, 3.8) is 0 Å². The number of benzene rings is 2. The number of nitrogens with one attached hydrogen (secondary N) is 2. The van der Waals surface area contributed by atoms with E-state index in [9.17, 15) is 14.0 Å². The third-order valence-corrected chi connectivity index (χ3v) is 4.57. The van der Waals surface area contributed by atoms with Gasteiger partial charge in [0.25, 0.3) is 0 Å². The van der Waals surface area contributed by atoms with Crippen molar-refractivity contribution >= 4 is 17.6 Å². The minimum Gasteiger partial charge on any atom is -0.348 e. The van der Waals surface area contributed by atoms with Crippen LogP contribution in [-0.4, -0.2) is 29.4 Å². The van der Waals surface area contributed by atoms with Gasteiger partial charge in [-0.2, -0.15) is 0 Å². The van der Waals surface area contributed by atoms with Gasteiger partial charge in [-0.1, -0.05) is 30.3 Å². The van der Waals surface area contributed by atoms with Crippen LogP contribution < -0.4 is 10.6 Å². The molecule has 1 heterocycles. The first-order chi connectivity index (χ1) is 12.5. The summed E-state index contributed by atoms with van der Waals surface area (Å²) < 4.78 is 13.0. The van der Waals surface area contributed by atoms with Crippen LogP contribution in [0.2, 0.25) is 0 Å². The van der Waals surface area contributed by atoms with E-state index < -0.39 is 6.04 Å². The van der Waals surface area contributed by atoms with Gasteiger partial charge in [-0.25, -0.2) is 9.18 Å². The van der Waals surface area contributed by atoms with Crippen LogP contribution in [0.15, 0.2) is 54.6 Å². The van der Waals surface area contributed by atoms with Crippen LogP contribution in [0.3, 0.4) is 0 Å². The number of urea groups is 1. The number of rotatable bonds is 4. The predicted octanol–water partition coefficient (Wildman–Crippen LogP) is 3.70. The number of para-hydroxylation sites is 1.